The van der Waals surface area contributed by atoms with Crippen molar-refractivity contribution in [1.29, 1.82) is 0 Å². The van der Waals surface area contributed by atoms with Crippen molar-refractivity contribution >= 4 is 31.3 Å². The van der Waals surface area contributed by atoms with Gasteiger partial charge >= 0.3 is 0 Å². The summed E-state index contributed by atoms with van der Waals surface area (Å²) in [4.78, 5) is 11.4. The summed E-state index contributed by atoms with van der Waals surface area (Å²) < 4.78 is 32.8. The lowest BCUT2D eigenvalue weighted by molar-refractivity contribution is -0.120. The van der Waals surface area contributed by atoms with Gasteiger partial charge in [0.1, 0.15) is 17.3 Å². The Morgan fingerprint density at radius 2 is 2.10 bits per heavy atom. The zero-order chi connectivity index (χ0) is 15.2. The molecule has 0 aliphatic carbocycles. The van der Waals surface area contributed by atoms with Crippen LogP contribution in [0.5, 0.6) is 5.75 Å². The molecule has 0 aliphatic heterocycles. The predicted octanol–water partition coefficient (Wildman–Crippen LogP) is 1.99. The highest BCUT2D eigenvalue weighted by molar-refractivity contribution is 8.13. The first-order chi connectivity index (χ1) is 9.38. The first kappa shape index (κ1) is 16.7. The van der Waals surface area contributed by atoms with Crippen molar-refractivity contribution in [3.05, 3.63) is 18.2 Å². The van der Waals surface area contributed by atoms with Crippen molar-refractivity contribution in [3.8, 4) is 5.75 Å². The second kappa shape index (κ2) is 7.47. The molecule has 1 amide bonds. The molecule has 0 bridgehead atoms. The summed E-state index contributed by atoms with van der Waals surface area (Å²) >= 11 is 0. The molecule has 1 N–H and O–H groups in total. The maximum atomic E-state index is 11.6. The average Bonchev–Trinajstić information content (AvgIpc) is 2.38. The van der Waals surface area contributed by atoms with Gasteiger partial charge in [0.05, 0.1) is 7.11 Å². The van der Waals surface area contributed by atoms with Gasteiger partial charge in [0.2, 0.25) is 5.91 Å². The molecule has 8 heteroatoms. The van der Waals surface area contributed by atoms with Crippen molar-refractivity contribution in [1.82, 2.24) is 0 Å². The summed E-state index contributed by atoms with van der Waals surface area (Å²) in [6.45, 7) is 2.32. The van der Waals surface area contributed by atoms with Gasteiger partial charge in [-0.05, 0) is 24.6 Å². The molecule has 6 nitrogen and oxygen atoms in total. The van der Waals surface area contributed by atoms with Gasteiger partial charge < -0.3 is 14.8 Å². The third-order valence-corrected chi connectivity index (χ3v) is 3.63. The van der Waals surface area contributed by atoms with Crippen LogP contribution in [0.4, 0.5) is 5.69 Å². The molecule has 0 radical (unpaired) electrons. The van der Waals surface area contributed by atoms with E-state index in [2.05, 4.69) is 5.32 Å². The van der Waals surface area contributed by atoms with Crippen LogP contribution in [-0.4, -0.2) is 34.6 Å². The van der Waals surface area contributed by atoms with Crippen LogP contribution in [0.25, 0.3) is 0 Å². The fraction of sp³-hybridized carbons (Fsp3) is 0.417. The average molecular weight is 322 g/mol. The van der Waals surface area contributed by atoms with Crippen LogP contribution in [0.1, 0.15) is 13.3 Å². The van der Waals surface area contributed by atoms with Crippen molar-refractivity contribution in [2.75, 3.05) is 25.6 Å². The molecule has 0 aromatic heterocycles. The quantitative estimate of drug-likeness (QED) is 0.613. The van der Waals surface area contributed by atoms with E-state index in [9.17, 15) is 13.2 Å². The van der Waals surface area contributed by atoms with E-state index in [1.165, 1.54) is 25.3 Å². The van der Waals surface area contributed by atoms with Gasteiger partial charge in [0.15, 0.2) is 0 Å². The lowest BCUT2D eigenvalue weighted by Crippen LogP contribution is -2.18. The number of carbonyl (C=O) groups is 1. The van der Waals surface area contributed by atoms with Gasteiger partial charge in [0.25, 0.3) is 9.05 Å². The van der Waals surface area contributed by atoms with Gasteiger partial charge in [0, 0.05) is 23.0 Å². The first-order valence-corrected chi connectivity index (χ1v) is 8.19. The number of hydrogen-bond donors (Lipinski definition) is 1. The van der Waals surface area contributed by atoms with E-state index in [-0.39, 0.29) is 23.2 Å². The number of anilines is 1. The van der Waals surface area contributed by atoms with Gasteiger partial charge in [-0.2, -0.15) is 0 Å². The summed E-state index contributed by atoms with van der Waals surface area (Å²) in [5.41, 5.74) is 0.301. The molecule has 0 spiro atoms. The van der Waals surface area contributed by atoms with E-state index in [1.54, 1.807) is 0 Å². The molecule has 112 valence electrons. The number of hydrogen-bond acceptors (Lipinski definition) is 5. The molecular weight excluding hydrogens is 306 g/mol. The highest BCUT2D eigenvalue weighted by atomic mass is 35.7. The standard InChI is InChI=1S/C12H16ClNO5S/c1-3-6-19-8-12(15)14-9-4-5-10(18-2)11(7-9)20(13,16)17/h4-5,7H,3,6,8H2,1-2H3,(H,14,15). The number of ether oxygens (including phenoxy) is 2. The number of rotatable bonds is 7. The second-order valence-corrected chi connectivity index (χ2v) is 6.44. The number of methoxy groups -OCH3 is 1. The van der Waals surface area contributed by atoms with Crippen LogP contribution in [-0.2, 0) is 18.6 Å². The Bertz CT molecular complexity index is 573. The highest BCUT2D eigenvalue weighted by Gasteiger charge is 2.17. The monoisotopic (exact) mass is 321 g/mol. The molecule has 0 heterocycles. The summed E-state index contributed by atoms with van der Waals surface area (Å²) in [5.74, 6) is -0.262. The second-order valence-electron chi connectivity index (χ2n) is 3.90. The number of nitrogens with one attached hydrogen (secondary N) is 1. The fourth-order valence-corrected chi connectivity index (χ4v) is 2.47. The Balaban J connectivity index is 2.85. The third kappa shape index (κ3) is 4.99. The fourth-order valence-electron chi connectivity index (χ4n) is 1.45. The third-order valence-electron chi connectivity index (χ3n) is 2.29. The van der Waals surface area contributed by atoms with E-state index >= 15 is 0 Å². The molecule has 0 aliphatic rings. The molecule has 0 atom stereocenters. The van der Waals surface area contributed by atoms with Crippen LogP contribution in [0.15, 0.2) is 23.1 Å². The molecule has 1 aromatic rings. The lowest BCUT2D eigenvalue weighted by Gasteiger charge is -2.09. The molecular formula is C12H16ClNO5S. The van der Waals surface area contributed by atoms with Gasteiger partial charge in [-0.25, -0.2) is 8.42 Å². The maximum absolute atomic E-state index is 11.6. The minimum atomic E-state index is -3.96. The van der Waals surface area contributed by atoms with Crippen LogP contribution < -0.4 is 10.1 Å². The molecule has 20 heavy (non-hydrogen) atoms. The number of halogens is 1. The molecule has 0 saturated carbocycles. The minimum Gasteiger partial charge on any atom is -0.495 e. The van der Waals surface area contributed by atoms with Gasteiger partial charge in [-0.15, -0.1) is 0 Å². The zero-order valence-electron chi connectivity index (χ0n) is 11.2. The number of benzene rings is 1. The predicted molar refractivity (Wildman–Crippen MR) is 75.8 cm³/mol. The summed E-state index contributed by atoms with van der Waals surface area (Å²) in [6, 6.07) is 4.17. The van der Waals surface area contributed by atoms with Crippen molar-refractivity contribution in [3.63, 3.8) is 0 Å². The Morgan fingerprint density at radius 1 is 1.40 bits per heavy atom. The Kier molecular flexibility index (Phi) is 6.25. The largest absolute Gasteiger partial charge is 0.495 e. The van der Waals surface area contributed by atoms with E-state index in [0.29, 0.717) is 12.3 Å². The highest BCUT2D eigenvalue weighted by Crippen LogP contribution is 2.29. The van der Waals surface area contributed by atoms with E-state index in [0.717, 1.165) is 6.42 Å². The maximum Gasteiger partial charge on any atom is 0.265 e. The van der Waals surface area contributed by atoms with Crippen molar-refractivity contribution < 1.29 is 22.7 Å². The Morgan fingerprint density at radius 3 is 2.65 bits per heavy atom. The van der Waals surface area contributed by atoms with Crippen molar-refractivity contribution in [2.24, 2.45) is 0 Å². The number of amides is 1. The minimum absolute atomic E-state index is 0.0944. The van der Waals surface area contributed by atoms with Gasteiger partial charge in [-0.1, -0.05) is 6.92 Å². The molecule has 0 saturated heterocycles. The Labute approximate surface area is 122 Å². The lowest BCUT2D eigenvalue weighted by atomic mass is 10.3. The zero-order valence-corrected chi connectivity index (χ0v) is 12.8. The van der Waals surface area contributed by atoms with Crippen LogP contribution in [0.3, 0.4) is 0 Å². The summed E-state index contributed by atoms with van der Waals surface area (Å²) in [6.07, 6.45) is 0.810. The molecule has 1 rings (SSSR count). The first-order valence-electron chi connectivity index (χ1n) is 5.88. The molecule has 0 fully saturated rings. The van der Waals surface area contributed by atoms with Crippen LogP contribution in [0.2, 0.25) is 0 Å². The van der Waals surface area contributed by atoms with E-state index in [1.807, 2.05) is 6.92 Å². The smallest absolute Gasteiger partial charge is 0.265 e. The topological polar surface area (TPSA) is 81.7 Å². The van der Waals surface area contributed by atoms with E-state index < -0.39 is 9.05 Å². The summed E-state index contributed by atoms with van der Waals surface area (Å²) in [7, 11) is 2.68. The van der Waals surface area contributed by atoms with E-state index in [4.69, 9.17) is 20.2 Å². The Hall–Kier alpha value is -1.31. The molecule has 1 aromatic carbocycles. The molecule has 0 unspecified atom stereocenters. The summed E-state index contributed by atoms with van der Waals surface area (Å²) in [5, 5.41) is 2.52. The van der Waals surface area contributed by atoms with Crippen LogP contribution >= 0.6 is 10.7 Å². The number of carbonyl (C=O) groups excluding carboxylic acids is 1. The van der Waals surface area contributed by atoms with Gasteiger partial charge in [-0.3, -0.25) is 4.79 Å². The normalized spacial score (nSPS) is 11.2. The van der Waals surface area contributed by atoms with Crippen LogP contribution in [0, 0.1) is 0 Å². The van der Waals surface area contributed by atoms with Crippen molar-refractivity contribution in [2.45, 2.75) is 18.2 Å². The SMILES string of the molecule is CCCOCC(=O)Nc1ccc(OC)c(S(=O)(=O)Cl)c1.